The summed E-state index contributed by atoms with van der Waals surface area (Å²) in [5.41, 5.74) is 8.88. The zero-order chi connectivity index (χ0) is 26.6. The maximum Gasteiger partial charge on any atom is 0.335 e. The van der Waals surface area contributed by atoms with Gasteiger partial charge in [-0.2, -0.15) is 4.98 Å². The summed E-state index contributed by atoms with van der Waals surface area (Å²) in [6.07, 6.45) is 2.97. The molecule has 2 fully saturated rings. The van der Waals surface area contributed by atoms with Gasteiger partial charge in [-0.15, -0.1) is 0 Å². The van der Waals surface area contributed by atoms with E-state index in [-0.39, 0.29) is 35.5 Å². The minimum atomic E-state index is -2.69. The summed E-state index contributed by atoms with van der Waals surface area (Å²) in [7, 11) is -5.30. The number of aromatic nitrogens is 3. The van der Waals surface area contributed by atoms with E-state index in [0.29, 0.717) is 34.9 Å². The van der Waals surface area contributed by atoms with Crippen molar-refractivity contribution in [1.82, 2.24) is 14.5 Å². The maximum atomic E-state index is 7.30. The molecule has 8 nitrogen and oxygen atoms in total. The molecule has 2 aliphatic rings. The molecule has 0 aliphatic carbocycles. The molecular formula is C25H43ClN4O4Si2. The lowest BCUT2D eigenvalue weighted by atomic mass is 10.2. The molecule has 2 aliphatic heterocycles. The first-order valence-corrected chi connectivity index (χ1v) is 17.7. The highest BCUT2D eigenvalue weighted by atomic mass is 35.5. The van der Waals surface area contributed by atoms with Gasteiger partial charge in [0.25, 0.3) is 0 Å². The molecular weight excluding hydrogens is 512 g/mol. The number of anilines is 1. The van der Waals surface area contributed by atoms with Crippen LogP contribution >= 0.6 is 11.6 Å². The van der Waals surface area contributed by atoms with Crippen molar-refractivity contribution in [3.8, 4) is 0 Å². The minimum absolute atomic E-state index is 0.130. The predicted molar refractivity (Wildman–Crippen MR) is 149 cm³/mol. The van der Waals surface area contributed by atoms with Crippen LogP contribution in [0.5, 0.6) is 0 Å². The van der Waals surface area contributed by atoms with E-state index in [1.807, 2.05) is 0 Å². The van der Waals surface area contributed by atoms with Crippen LogP contribution in [0.15, 0.2) is 6.20 Å². The van der Waals surface area contributed by atoms with Crippen molar-refractivity contribution in [3.05, 3.63) is 16.9 Å². The second kappa shape index (κ2) is 10.3. The van der Waals surface area contributed by atoms with Gasteiger partial charge in [0.15, 0.2) is 0 Å². The number of nitrogen functional groups attached to an aromatic ring is 1. The number of nitrogens with two attached hydrogens (primary N) is 1. The fourth-order valence-electron chi connectivity index (χ4n) is 5.99. The van der Waals surface area contributed by atoms with Crippen molar-refractivity contribution in [2.75, 3.05) is 12.3 Å². The first-order valence-electron chi connectivity index (χ1n) is 13.4. The molecule has 0 radical (unpaired) electrons. The van der Waals surface area contributed by atoms with Crippen molar-refractivity contribution < 1.29 is 17.7 Å². The van der Waals surface area contributed by atoms with Crippen LogP contribution in [0.4, 0.5) is 5.95 Å². The number of halogens is 1. The van der Waals surface area contributed by atoms with Crippen LogP contribution in [0, 0.1) is 0 Å². The summed E-state index contributed by atoms with van der Waals surface area (Å²) >= 11 is 6.49. The normalized spacial score (nSPS) is 26.2. The first kappa shape index (κ1) is 28.0. The van der Waals surface area contributed by atoms with Gasteiger partial charge < -0.3 is 28.0 Å². The van der Waals surface area contributed by atoms with Crippen LogP contribution < -0.4 is 5.73 Å². The number of nitrogens with zero attached hydrogens (tertiary/aromatic N) is 3. The molecule has 36 heavy (non-hydrogen) atoms. The van der Waals surface area contributed by atoms with Crippen molar-refractivity contribution in [2.24, 2.45) is 0 Å². The first-order chi connectivity index (χ1) is 16.9. The van der Waals surface area contributed by atoms with Gasteiger partial charge in [0.1, 0.15) is 23.1 Å². The van der Waals surface area contributed by atoms with Crippen LogP contribution in [0.3, 0.4) is 0 Å². The zero-order valence-corrected chi connectivity index (χ0v) is 25.9. The van der Waals surface area contributed by atoms with E-state index >= 15 is 0 Å². The predicted octanol–water partition coefficient (Wildman–Crippen LogP) is 6.47. The second-order valence-electron chi connectivity index (χ2n) is 11.5. The Hall–Kier alpha value is -1.02. The molecule has 0 spiro atoms. The lowest BCUT2D eigenvalue weighted by molar-refractivity contribution is -0.0543. The highest BCUT2D eigenvalue weighted by Gasteiger charge is 2.60. The van der Waals surface area contributed by atoms with E-state index in [1.54, 1.807) is 0 Å². The Balaban J connectivity index is 1.77. The summed E-state index contributed by atoms with van der Waals surface area (Å²) in [6, 6.07) is 0. The highest BCUT2D eigenvalue weighted by molar-refractivity contribution is 6.83. The van der Waals surface area contributed by atoms with Gasteiger partial charge in [0.2, 0.25) is 5.95 Å². The number of hydrogen-bond donors (Lipinski definition) is 1. The average molecular weight is 555 g/mol. The van der Waals surface area contributed by atoms with Crippen LogP contribution in [-0.2, 0) is 24.1 Å². The summed E-state index contributed by atoms with van der Waals surface area (Å²) in [6.45, 7) is 20.4. The lowest BCUT2D eigenvalue weighted by Crippen LogP contribution is -2.65. The molecule has 4 rings (SSSR count). The van der Waals surface area contributed by atoms with E-state index in [1.165, 1.54) is 0 Å². The average Bonchev–Trinajstić information content (AvgIpc) is 3.33. The molecule has 3 unspecified atom stereocenters. The molecule has 2 N–H and O–H groups in total. The molecule has 0 amide bonds. The molecule has 0 aromatic carbocycles. The van der Waals surface area contributed by atoms with E-state index in [4.69, 9.17) is 35.0 Å². The van der Waals surface area contributed by atoms with Gasteiger partial charge in [-0.25, -0.2) is 4.98 Å². The summed E-state index contributed by atoms with van der Waals surface area (Å²) in [5, 5.41) is 1.21. The smallest absolute Gasteiger partial charge is 0.335 e. The van der Waals surface area contributed by atoms with Crippen LogP contribution in [-0.4, -0.2) is 50.5 Å². The van der Waals surface area contributed by atoms with E-state index in [0.717, 1.165) is 17.4 Å². The monoisotopic (exact) mass is 554 g/mol. The third-order valence-corrected chi connectivity index (χ3v) is 18.5. The highest BCUT2D eigenvalue weighted by Crippen LogP contribution is 2.48. The van der Waals surface area contributed by atoms with Gasteiger partial charge >= 0.3 is 17.1 Å². The Morgan fingerprint density at radius 1 is 1.00 bits per heavy atom. The fraction of sp³-hybridized carbons (Fsp3) is 0.760. The molecule has 2 aromatic heterocycles. The van der Waals surface area contributed by atoms with Crippen LogP contribution in [0.25, 0.3) is 11.0 Å². The standard InChI is InChI=1S/C25H43ClN4O4Si2/c1-10-18-12-30(24-22(18)23(26)28-25(27)29-24)21-11-19-20(32-21)13-31-35(14(2)3,15(4)5)34-36(33-19,16(6)7)17(8)9/h12,14-17,19-21H,10-11,13H2,1-9H3,(H2,27,28,29). The number of aryl methyl sites for hydroxylation is 1. The Kier molecular flexibility index (Phi) is 7.99. The summed E-state index contributed by atoms with van der Waals surface area (Å²) in [5.74, 6) is 0.155. The third-order valence-electron chi connectivity index (χ3n) is 7.94. The Bertz CT molecular complexity index is 1080. The lowest BCUT2D eigenvalue weighted by Gasteiger charge is -2.51. The van der Waals surface area contributed by atoms with Crippen molar-refractivity contribution >= 4 is 45.7 Å². The molecule has 2 saturated heterocycles. The summed E-state index contributed by atoms with van der Waals surface area (Å²) < 4.78 is 30.1. The number of hydrogen-bond acceptors (Lipinski definition) is 7. The van der Waals surface area contributed by atoms with Crippen LogP contribution in [0.1, 0.15) is 80.5 Å². The number of rotatable bonds is 6. The molecule has 4 heterocycles. The van der Waals surface area contributed by atoms with E-state index < -0.39 is 17.1 Å². The Labute approximate surface area is 222 Å². The van der Waals surface area contributed by atoms with E-state index in [2.05, 4.69) is 83.0 Å². The fourth-order valence-corrected chi connectivity index (χ4v) is 17.5. The van der Waals surface area contributed by atoms with E-state index in [9.17, 15) is 0 Å². The molecule has 2 aromatic rings. The molecule has 11 heteroatoms. The molecule has 202 valence electrons. The molecule has 3 atom stereocenters. The second-order valence-corrected chi connectivity index (χ2v) is 20.7. The van der Waals surface area contributed by atoms with Crippen molar-refractivity contribution in [2.45, 2.75) is 116 Å². The quantitative estimate of drug-likeness (QED) is 0.323. The van der Waals surface area contributed by atoms with Gasteiger partial charge in [0, 0.05) is 12.6 Å². The van der Waals surface area contributed by atoms with Crippen LogP contribution in [0.2, 0.25) is 27.3 Å². The van der Waals surface area contributed by atoms with Gasteiger partial charge in [-0.3, -0.25) is 0 Å². The van der Waals surface area contributed by atoms with Gasteiger partial charge in [0.05, 0.1) is 18.1 Å². The van der Waals surface area contributed by atoms with Gasteiger partial charge in [-0.1, -0.05) is 73.9 Å². The molecule has 0 saturated carbocycles. The number of ether oxygens (including phenoxy) is 1. The zero-order valence-electron chi connectivity index (χ0n) is 23.2. The largest absolute Gasteiger partial charge is 0.414 e. The third kappa shape index (κ3) is 4.56. The SMILES string of the molecule is CCc1cn(C2CC3O[Si](C(C)C)(C(C)C)O[Si](C(C)C)(C(C)C)OCC3O2)c2nc(N)nc(Cl)c12. The number of fused-ring (bicyclic) bond motifs is 2. The topological polar surface area (TPSA) is 93.7 Å². The Morgan fingerprint density at radius 2 is 1.61 bits per heavy atom. The van der Waals surface area contributed by atoms with Crippen molar-refractivity contribution in [1.29, 1.82) is 0 Å². The Morgan fingerprint density at radius 3 is 2.17 bits per heavy atom. The summed E-state index contributed by atoms with van der Waals surface area (Å²) in [4.78, 5) is 8.72. The molecule has 0 bridgehead atoms. The van der Waals surface area contributed by atoms with Crippen molar-refractivity contribution in [3.63, 3.8) is 0 Å². The van der Waals surface area contributed by atoms with Gasteiger partial charge in [-0.05, 0) is 34.1 Å². The minimum Gasteiger partial charge on any atom is -0.414 e. The maximum absolute atomic E-state index is 7.30.